The van der Waals surface area contributed by atoms with E-state index in [1.165, 1.54) is 24.3 Å². The molecule has 9 heteroatoms. The number of hydrogen-bond acceptors (Lipinski definition) is 6. The van der Waals surface area contributed by atoms with E-state index in [4.69, 9.17) is 20.9 Å². The fraction of sp³-hybridized carbons (Fsp3) is 0.176. The molecular formula is C17H16ClN3O4S. The van der Waals surface area contributed by atoms with E-state index in [2.05, 4.69) is 14.9 Å². The molecule has 2 aromatic carbocycles. The van der Waals surface area contributed by atoms with Gasteiger partial charge in [0.25, 0.3) is 0 Å². The van der Waals surface area contributed by atoms with Crippen LogP contribution in [0.15, 0.2) is 57.9 Å². The topological polar surface area (TPSA) is 94.3 Å². The third kappa shape index (κ3) is 4.04. The van der Waals surface area contributed by atoms with Gasteiger partial charge in [-0.1, -0.05) is 16.8 Å². The number of sulfonamides is 1. The van der Waals surface area contributed by atoms with Crippen molar-refractivity contribution < 1.29 is 17.7 Å². The lowest BCUT2D eigenvalue weighted by Crippen LogP contribution is -2.27. The number of benzene rings is 2. The van der Waals surface area contributed by atoms with Crippen LogP contribution in [0.1, 0.15) is 18.9 Å². The van der Waals surface area contributed by atoms with E-state index in [9.17, 15) is 8.42 Å². The van der Waals surface area contributed by atoms with Crippen molar-refractivity contribution >= 4 is 21.6 Å². The minimum atomic E-state index is -3.74. The number of nitrogens with zero attached hydrogens (tertiary/aromatic N) is 2. The maximum Gasteiger partial charge on any atom is 0.244 e. The minimum absolute atomic E-state index is 0.101. The van der Waals surface area contributed by atoms with Gasteiger partial charge in [0.15, 0.2) is 0 Å². The van der Waals surface area contributed by atoms with Crippen LogP contribution in [-0.2, 0) is 10.0 Å². The van der Waals surface area contributed by atoms with Crippen LogP contribution in [-0.4, -0.2) is 25.7 Å². The molecule has 0 spiro atoms. The number of ether oxygens (including phenoxy) is 1. The molecule has 0 fully saturated rings. The average Bonchev–Trinajstić information content (AvgIpc) is 3.12. The van der Waals surface area contributed by atoms with Gasteiger partial charge in [-0.05, 0) is 55.5 Å². The van der Waals surface area contributed by atoms with Crippen LogP contribution >= 0.6 is 11.6 Å². The Hall–Kier alpha value is -2.42. The summed E-state index contributed by atoms with van der Waals surface area (Å²) in [5.74, 6) is 1.23. The van der Waals surface area contributed by atoms with Gasteiger partial charge in [-0.15, -0.1) is 0 Å². The molecular weight excluding hydrogens is 378 g/mol. The first kappa shape index (κ1) is 18.4. The second-order valence-electron chi connectivity index (χ2n) is 5.48. The standard InChI is InChI=1S/C17H16ClN3O4S/c1-11(21-26(22,23)15-9-5-13(18)6-10-15)17-19-16(20-25-17)12-3-7-14(24-2)8-4-12/h3-11,21H,1-2H3. The number of aromatic nitrogens is 2. The molecule has 0 aliphatic carbocycles. The van der Waals surface area contributed by atoms with E-state index < -0.39 is 16.1 Å². The zero-order chi connectivity index (χ0) is 18.7. The first-order valence-corrected chi connectivity index (χ1v) is 9.51. The van der Waals surface area contributed by atoms with Crippen molar-refractivity contribution in [1.82, 2.24) is 14.9 Å². The van der Waals surface area contributed by atoms with Crippen molar-refractivity contribution in [2.75, 3.05) is 7.11 Å². The maximum atomic E-state index is 12.4. The predicted molar refractivity (Wildman–Crippen MR) is 96.5 cm³/mol. The van der Waals surface area contributed by atoms with E-state index in [0.29, 0.717) is 16.6 Å². The quantitative estimate of drug-likeness (QED) is 0.689. The zero-order valence-electron chi connectivity index (χ0n) is 14.0. The number of hydrogen-bond donors (Lipinski definition) is 1. The first-order chi connectivity index (χ1) is 12.4. The van der Waals surface area contributed by atoms with Gasteiger partial charge in [-0.2, -0.15) is 9.71 Å². The Morgan fingerprint density at radius 1 is 1.12 bits per heavy atom. The Balaban J connectivity index is 1.77. The fourth-order valence-corrected chi connectivity index (χ4v) is 3.56. The molecule has 0 aliphatic rings. The summed E-state index contributed by atoms with van der Waals surface area (Å²) < 4.78 is 37.6. The van der Waals surface area contributed by atoms with E-state index >= 15 is 0 Å². The van der Waals surface area contributed by atoms with Gasteiger partial charge in [-0.3, -0.25) is 0 Å². The smallest absolute Gasteiger partial charge is 0.244 e. The Bertz CT molecular complexity index is 986. The molecule has 1 heterocycles. The SMILES string of the molecule is COc1ccc(-c2noc(C(C)NS(=O)(=O)c3ccc(Cl)cc3)n2)cc1. The number of halogens is 1. The molecule has 0 saturated carbocycles. The molecule has 136 valence electrons. The highest BCUT2D eigenvalue weighted by molar-refractivity contribution is 7.89. The number of methoxy groups -OCH3 is 1. The molecule has 3 rings (SSSR count). The van der Waals surface area contributed by atoms with Crippen LogP contribution in [0, 0.1) is 0 Å². The van der Waals surface area contributed by atoms with Crippen LogP contribution in [0.4, 0.5) is 0 Å². The fourth-order valence-electron chi connectivity index (χ4n) is 2.23. The molecule has 0 saturated heterocycles. The van der Waals surface area contributed by atoms with E-state index in [1.807, 2.05) is 0 Å². The van der Waals surface area contributed by atoms with E-state index in [-0.39, 0.29) is 10.8 Å². The van der Waals surface area contributed by atoms with Crippen LogP contribution in [0.5, 0.6) is 5.75 Å². The maximum absolute atomic E-state index is 12.4. The summed E-state index contributed by atoms with van der Waals surface area (Å²) in [4.78, 5) is 4.36. The van der Waals surface area contributed by atoms with E-state index in [1.54, 1.807) is 38.3 Å². The summed E-state index contributed by atoms with van der Waals surface area (Å²) in [5.41, 5.74) is 0.730. The van der Waals surface area contributed by atoms with Gasteiger partial charge >= 0.3 is 0 Å². The molecule has 0 aliphatic heterocycles. The van der Waals surface area contributed by atoms with Crippen molar-refractivity contribution in [2.45, 2.75) is 17.9 Å². The second-order valence-corrected chi connectivity index (χ2v) is 7.63. The Labute approximate surface area is 156 Å². The Morgan fingerprint density at radius 2 is 1.77 bits per heavy atom. The molecule has 0 bridgehead atoms. The van der Waals surface area contributed by atoms with Crippen molar-refractivity contribution in [2.24, 2.45) is 0 Å². The van der Waals surface area contributed by atoms with Crippen LogP contribution in [0.2, 0.25) is 5.02 Å². The van der Waals surface area contributed by atoms with Crippen molar-refractivity contribution in [3.05, 3.63) is 59.4 Å². The highest BCUT2D eigenvalue weighted by Gasteiger charge is 2.22. The summed E-state index contributed by atoms with van der Waals surface area (Å²) in [6.45, 7) is 1.62. The largest absolute Gasteiger partial charge is 0.497 e. The highest BCUT2D eigenvalue weighted by atomic mass is 35.5. The molecule has 26 heavy (non-hydrogen) atoms. The summed E-state index contributed by atoms with van der Waals surface area (Å²) in [7, 11) is -2.16. The van der Waals surface area contributed by atoms with Crippen LogP contribution in [0.3, 0.4) is 0 Å². The lowest BCUT2D eigenvalue weighted by Gasteiger charge is -2.10. The molecule has 1 unspecified atom stereocenters. The minimum Gasteiger partial charge on any atom is -0.497 e. The van der Waals surface area contributed by atoms with Crippen molar-refractivity contribution in [1.29, 1.82) is 0 Å². The molecule has 7 nitrogen and oxygen atoms in total. The van der Waals surface area contributed by atoms with E-state index in [0.717, 1.165) is 5.56 Å². The molecule has 1 aromatic heterocycles. The molecule has 0 radical (unpaired) electrons. The third-order valence-corrected chi connectivity index (χ3v) is 5.42. The third-order valence-electron chi connectivity index (χ3n) is 3.62. The van der Waals surface area contributed by atoms with Gasteiger partial charge in [-0.25, -0.2) is 8.42 Å². The number of rotatable bonds is 6. The number of nitrogens with one attached hydrogen (secondary N) is 1. The predicted octanol–water partition coefficient (Wildman–Crippen LogP) is 3.44. The average molecular weight is 394 g/mol. The van der Waals surface area contributed by atoms with Gasteiger partial charge < -0.3 is 9.26 Å². The van der Waals surface area contributed by atoms with Gasteiger partial charge in [0.1, 0.15) is 5.75 Å². The lowest BCUT2D eigenvalue weighted by atomic mass is 10.2. The zero-order valence-corrected chi connectivity index (χ0v) is 15.6. The van der Waals surface area contributed by atoms with Crippen LogP contribution < -0.4 is 9.46 Å². The molecule has 3 aromatic rings. The van der Waals surface area contributed by atoms with Crippen LogP contribution in [0.25, 0.3) is 11.4 Å². The Kier molecular flexibility index (Phi) is 5.26. The van der Waals surface area contributed by atoms with Gasteiger partial charge in [0, 0.05) is 10.6 Å². The first-order valence-electron chi connectivity index (χ1n) is 7.65. The summed E-state index contributed by atoms with van der Waals surface area (Å²) >= 11 is 5.79. The normalized spacial score (nSPS) is 12.7. The van der Waals surface area contributed by atoms with Crippen molar-refractivity contribution in [3.8, 4) is 17.1 Å². The summed E-state index contributed by atoms with van der Waals surface area (Å²) in [6, 6.07) is 12.3. The monoisotopic (exact) mass is 393 g/mol. The lowest BCUT2D eigenvalue weighted by molar-refractivity contribution is 0.354. The molecule has 0 amide bonds. The Morgan fingerprint density at radius 3 is 2.38 bits per heavy atom. The van der Waals surface area contributed by atoms with Gasteiger partial charge in [0.05, 0.1) is 18.0 Å². The summed E-state index contributed by atoms with van der Waals surface area (Å²) in [5, 5.41) is 4.35. The van der Waals surface area contributed by atoms with Gasteiger partial charge in [0.2, 0.25) is 21.7 Å². The molecule has 1 N–H and O–H groups in total. The van der Waals surface area contributed by atoms with Crippen molar-refractivity contribution in [3.63, 3.8) is 0 Å². The highest BCUT2D eigenvalue weighted by Crippen LogP contribution is 2.22. The summed E-state index contributed by atoms with van der Waals surface area (Å²) in [6.07, 6.45) is 0. The molecule has 1 atom stereocenters. The second kappa shape index (κ2) is 7.45.